The van der Waals surface area contributed by atoms with E-state index < -0.39 is 0 Å². The molecule has 1 atom stereocenters. The van der Waals surface area contributed by atoms with Gasteiger partial charge in [-0.05, 0) is 38.4 Å². The third-order valence-electron chi connectivity index (χ3n) is 4.11. The van der Waals surface area contributed by atoms with E-state index in [0.29, 0.717) is 6.04 Å². The normalized spacial score (nSPS) is 20.1. The summed E-state index contributed by atoms with van der Waals surface area (Å²) in [4.78, 5) is 2.53. The van der Waals surface area contributed by atoms with Gasteiger partial charge in [0.15, 0.2) is 0 Å². The molecular formula is C15H28N4. The molecule has 1 aliphatic rings. The van der Waals surface area contributed by atoms with E-state index in [-0.39, 0.29) is 0 Å². The fourth-order valence-corrected chi connectivity index (χ4v) is 2.82. The van der Waals surface area contributed by atoms with Gasteiger partial charge in [-0.25, -0.2) is 0 Å². The Balaban J connectivity index is 1.91. The molecule has 2 rings (SSSR count). The van der Waals surface area contributed by atoms with Crippen molar-refractivity contribution in [1.29, 1.82) is 0 Å². The number of hydrogen-bond donors (Lipinski definition) is 1. The van der Waals surface area contributed by atoms with Crippen molar-refractivity contribution in [3.8, 4) is 0 Å². The summed E-state index contributed by atoms with van der Waals surface area (Å²) in [7, 11) is 2.06. The zero-order valence-corrected chi connectivity index (χ0v) is 12.7. The number of aryl methyl sites for hydroxylation is 2. The Morgan fingerprint density at radius 3 is 2.84 bits per heavy atom. The van der Waals surface area contributed by atoms with Gasteiger partial charge in [0.05, 0.1) is 11.4 Å². The van der Waals surface area contributed by atoms with E-state index in [2.05, 4.69) is 42.3 Å². The molecule has 4 nitrogen and oxygen atoms in total. The first-order valence-corrected chi connectivity index (χ1v) is 7.70. The first kappa shape index (κ1) is 14.5. The first-order valence-electron chi connectivity index (χ1n) is 7.70. The summed E-state index contributed by atoms with van der Waals surface area (Å²) in [6.45, 7) is 8.87. The third kappa shape index (κ3) is 4.05. The zero-order chi connectivity index (χ0) is 13.7. The van der Waals surface area contributed by atoms with E-state index in [9.17, 15) is 0 Å². The van der Waals surface area contributed by atoms with E-state index in [4.69, 9.17) is 0 Å². The highest BCUT2D eigenvalue weighted by atomic mass is 15.3. The molecule has 1 fully saturated rings. The largest absolute Gasteiger partial charge is 0.313 e. The van der Waals surface area contributed by atoms with Crippen molar-refractivity contribution in [2.75, 3.05) is 19.6 Å². The molecule has 1 aromatic heterocycles. The van der Waals surface area contributed by atoms with Crippen LogP contribution < -0.4 is 5.32 Å². The lowest BCUT2D eigenvalue weighted by atomic mass is 10.0. The van der Waals surface area contributed by atoms with Crippen molar-refractivity contribution >= 4 is 0 Å². The molecule has 0 aliphatic carbocycles. The predicted molar refractivity (Wildman–Crippen MR) is 79.2 cm³/mol. The highest BCUT2D eigenvalue weighted by Gasteiger charge is 2.17. The second-order valence-corrected chi connectivity index (χ2v) is 5.58. The fourth-order valence-electron chi connectivity index (χ4n) is 2.82. The van der Waals surface area contributed by atoms with Gasteiger partial charge >= 0.3 is 0 Å². The van der Waals surface area contributed by atoms with Crippen LogP contribution in [0.1, 0.15) is 44.5 Å². The van der Waals surface area contributed by atoms with Gasteiger partial charge in [0.2, 0.25) is 0 Å². The highest BCUT2D eigenvalue weighted by molar-refractivity contribution is 5.10. The number of aromatic nitrogens is 2. The quantitative estimate of drug-likeness (QED) is 0.852. The molecule has 1 unspecified atom stereocenters. The molecule has 0 saturated carbocycles. The molecule has 0 spiro atoms. The van der Waals surface area contributed by atoms with Crippen molar-refractivity contribution in [1.82, 2.24) is 20.0 Å². The standard InChI is InChI=1S/C15H28N4/c1-4-13-10-15(18(3)17-13)12-19(5-2)11-14-8-6-7-9-16-14/h10,14,16H,4-9,11-12H2,1-3H3. The molecule has 108 valence electrons. The fraction of sp³-hybridized carbons (Fsp3) is 0.800. The van der Waals surface area contributed by atoms with Crippen LogP contribution in [0.3, 0.4) is 0 Å². The summed E-state index contributed by atoms with van der Waals surface area (Å²) in [5.41, 5.74) is 2.53. The van der Waals surface area contributed by atoms with E-state index >= 15 is 0 Å². The number of rotatable bonds is 6. The second-order valence-electron chi connectivity index (χ2n) is 5.58. The summed E-state index contributed by atoms with van der Waals surface area (Å²) in [5, 5.41) is 8.17. The molecule has 4 heteroatoms. The van der Waals surface area contributed by atoms with Gasteiger partial charge < -0.3 is 5.32 Å². The van der Waals surface area contributed by atoms with Crippen LogP contribution in [0.25, 0.3) is 0 Å². The molecule has 0 radical (unpaired) electrons. The third-order valence-corrected chi connectivity index (χ3v) is 4.11. The number of nitrogens with zero attached hydrogens (tertiary/aromatic N) is 3. The molecule has 2 heterocycles. The lowest BCUT2D eigenvalue weighted by Gasteiger charge is -2.29. The summed E-state index contributed by atoms with van der Waals surface area (Å²) in [6.07, 6.45) is 5.05. The summed E-state index contributed by atoms with van der Waals surface area (Å²) in [6, 6.07) is 2.92. The van der Waals surface area contributed by atoms with Gasteiger partial charge in [0, 0.05) is 26.2 Å². The lowest BCUT2D eigenvalue weighted by molar-refractivity contribution is 0.222. The van der Waals surface area contributed by atoms with Crippen molar-refractivity contribution in [2.24, 2.45) is 7.05 Å². The van der Waals surface area contributed by atoms with Crippen molar-refractivity contribution in [2.45, 2.75) is 52.1 Å². The van der Waals surface area contributed by atoms with E-state index in [1.807, 2.05) is 4.68 Å². The molecule has 1 N–H and O–H groups in total. The minimum absolute atomic E-state index is 0.674. The van der Waals surface area contributed by atoms with Crippen LogP contribution in [0.5, 0.6) is 0 Å². The van der Waals surface area contributed by atoms with Crippen LogP contribution in [0.15, 0.2) is 6.07 Å². The Morgan fingerprint density at radius 2 is 2.26 bits per heavy atom. The van der Waals surface area contributed by atoms with Gasteiger partial charge in [-0.15, -0.1) is 0 Å². The molecule has 0 bridgehead atoms. The monoisotopic (exact) mass is 264 g/mol. The predicted octanol–water partition coefficient (Wildman–Crippen LogP) is 1.95. The van der Waals surface area contributed by atoms with Crippen LogP contribution >= 0.6 is 0 Å². The molecule has 1 aromatic rings. The van der Waals surface area contributed by atoms with Gasteiger partial charge in [-0.1, -0.05) is 20.3 Å². The van der Waals surface area contributed by atoms with Gasteiger partial charge in [-0.3, -0.25) is 9.58 Å². The van der Waals surface area contributed by atoms with Crippen LogP contribution in [0.2, 0.25) is 0 Å². The molecular weight excluding hydrogens is 236 g/mol. The van der Waals surface area contributed by atoms with Crippen LogP contribution in [-0.2, 0) is 20.0 Å². The summed E-state index contributed by atoms with van der Waals surface area (Å²) < 4.78 is 2.04. The molecule has 0 amide bonds. The number of nitrogens with one attached hydrogen (secondary N) is 1. The van der Waals surface area contributed by atoms with Crippen LogP contribution in [0, 0.1) is 0 Å². The van der Waals surface area contributed by atoms with Gasteiger partial charge in [0.1, 0.15) is 0 Å². The SMILES string of the molecule is CCc1cc(CN(CC)CC2CCCCN2)n(C)n1. The highest BCUT2D eigenvalue weighted by Crippen LogP contribution is 2.12. The average Bonchev–Trinajstić information content (AvgIpc) is 2.80. The summed E-state index contributed by atoms with van der Waals surface area (Å²) >= 11 is 0. The molecule has 0 aromatic carbocycles. The maximum absolute atomic E-state index is 4.54. The van der Waals surface area contributed by atoms with Crippen molar-refractivity contribution in [3.63, 3.8) is 0 Å². The van der Waals surface area contributed by atoms with E-state index in [1.165, 1.54) is 37.2 Å². The Morgan fingerprint density at radius 1 is 1.42 bits per heavy atom. The Bertz CT molecular complexity index is 379. The van der Waals surface area contributed by atoms with Gasteiger partial charge in [-0.2, -0.15) is 5.10 Å². The Kier molecular flexibility index (Phi) is 5.40. The first-order chi connectivity index (χ1) is 9.22. The lowest BCUT2D eigenvalue weighted by Crippen LogP contribution is -2.43. The van der Waals surface area contributed by atoms with Gasteiger partial charge in [0.25, 0.3) is 0 Å². The Hall–Kier alpha value is -0.870. The number of likely N-dealkylation sites (N-methyl/N-ethyl adjacent to an activating group) is 1. The maximum Gasteiger partial charge on any atom is 0.0625 e. The topological polar surface area (TPSA) is 33.1 Å². The maximum atomic E-state index is 4.54. The molecule has 19 heavy (non-hydrogen) atoms. The second kappa shape index (κ2) is 7.06. The summed E-state index contributed by atoms with van der Waals surface area (Å²) in [5.74, 6) is 0. The van der Waals surface area contributed by atoms with Crippen LogP contribution in [0.4, 0.5) is 0 Å². The van der Waals surface area contributed by atoms with E-state index in [0.717, 1.165) is 26.1 Å². The average molecular weight is 264 g/mol. The minimum atomic E-state index is 0.674. The number of hydrogen-bond acceptors (Lipinski definition) is 3. The van der Waals surface area contributed by atoms with Crippen LogP contribution in [-0.4, -0.2) is 40.4 Å². The Labute approximate surface area is 117 Å². The van der Waals surface area contributed by atoms with E-state index in [1.54, 1.807) is 0 Å². The van der Waals surface area contributed by atoms with Crippen molar-refractivity contribution in [3.05, 3.63) is 17.5 Å². The minimum Gasteiger partial charge on any atom is -0.313 e. The zero-order valence-electron chi connectivity index (χ0n) is 12.7. The number of piperidine rings is 1. The molecule has 1 saturated heterocycles. The smallest absolute Gasteiger partial charge is 0.0625 e. The van der Waals surface area contributed by atoms with Crippen molar-refractivity contribution < 1.29 is 0 Å². The molecule has 1 aliphatic heterocycles.